The molecule has 0 saturated carbocycles. The zero-order chi connectivity index (χ0) is 8.69. The second-order valence-corrected chi connectivity index (χ2v) is 1.93. The number of hydrogen-bond acceptors (Lipinski definition) is 3. The van der Waals surface area contributed by atoms with Crippen LogP contribution in [0.2, 0.25) is 0 Å². The van der Waals surface area contributed by atoms with E-state index >= 15 is 0 Å². The molecule has 0 aromatic rings. The molecule has 0 radical (unpaired) electrons. The van der Waals surface area contributed by atoms with Crippen molar-refractivity contribution in [2.75, 3.05) is 6.61 Å². The lowest BCUT2D eigenvalue weighted by molar-refractivity contribution is -0.137. The van der Waals surface area contributed by atoms with E-state index < -0.39 is 0 Å². The zero-order valence-electron chi connectivity index (χ0n) is 6.67. The van der Waals surface area contributed by atoms with E-state index in [0.717, 1.165) is 0 Å². The summed E-state index contributed by atoms with van der Waals surface area (Å²) in [6, 6.07) is 0. The highest BCUT2D eigenvalue weighted by molar-refractivity contribution is 5.88. The molecule has 62 valence electrons. The van der Waals surface area contributed by atoms with Crippen LogP contribution in [-0.2, 0) is 9.53 Å². The number of nitrogens with two attached hydrogens (primary N) is 1. The lowest BCUT2D eigenvalue weighted by atomic mass is 10.2. The van der Waals surface area contributed by atoms with E-state index in [1.54, 1.807) is 0 Å². The summed E-state index contributed by atoms with van der Waals surface area (Å²) >= 11 is 0. The Morgan fingerprint density at radius 1 is 1.73 bits per heavy atom. The standard InChI is InChI=1S/C8H13NO2/c1-3-5-11-8(10)7(4-2)6-9/h3,6H,1,4-5,9H2,2H3. The van der Waals surface area contributed by atoms with Crippen LogP contribution in [0, 0.1) is 0 Å². The van der Waals surface area contributed by atoms with Crippen molar-refractivity contribution >= 4 is 5.97 Å². The van der Waals surface area contributed by atoms with Gasteiger partial charge in [-0.3, -0.25) is 0 Å². The molecule has 0 atom stereocenters. The smallest absolute Gasteiger partial charge is 0.335 e. The summed E-state index contributed by atoms with van der Waals surface area (Å²) in [5.74, 6) is -0.366. The van der Waals surface area contributed by atoms with Crippen LogP contribution in [-0.4, -0.2) is 12.6 Å². The van der Waals surface area contributed by atoms with Crippen molar-refractivity contribution in [2.24, 2.45) is 5.73 Å². The molecule has 2 N–H and O–H groups in total. The Hall–Kier alpha value is -1.25. The highest BCUT2D eigenvalue weighted by atomic mass is 16.5. The van der Waals surface area contributed by atoms with Crippen molar-refractivity contribution < 1.29 is 9.53 Å². The number of esters is 1. The van der Waals surface area contributed by atoms with Gasteiger partial charge < -0.3 is 10.5 Å². The van der Waals surface area contributed by atoms with Gasteiger partial charge in [-0.1, -0.05) is 19.6 Å². The minimum Gasteiger partial charge on any atom is -0.458 e. The molecule has 0 aromatic heterocycles. The largest absolute Gasteiger partial charge is 0.458 e. The van der Waals surface area contributed by atoms with Crippen LogP contribution in [0.15, 0.2) is 24.4 Å². The van der Waals surface area contributed by atoms with Gasteiger partial charge in [0.2, 0.25) is 0 Å². The van der Waals surface area contributed by atoms with Crippen molar-refractivity contribution in [3.8, 4) is 0 Å². The summed E-state index contributed by atoms with van der Waals surface area (Å²) in [5.41, 5.74) is 5.66. The molecule has 0 aliphatic rings. The van der Waals surface area contributed by atoms with E-state index in [1.807, 2.05) is 6.92 Å². The van der Waals surface area contributed by atoms with Gasteiger partial charge in [-0.05, 0) is 6.42 Å². The number of rotatable bonds is 4. The second-order valence-electron chi connectivity index (χ2n) is 1.93. The Bertz CT molecular complexity index is 173. The average Bonchev–Trinajstić information content (AvgIpc) is 2.03. The third kappa shape index (κ3) is 3.45. The molecule has 3 nitrogen and oxygen atoms in total. The Balaban J connectivity index is 3.90. The van der Waals surface area contributed by atoms with E-state index in [-0.39, 0.29) is 12.6 Å². The quantitative estimate of drug-likeness (QED) is 0.374. The molecular formula is C8H13NO2. The lowest BCUT2D eigenvalue weighted by Crippen LogP contribution is -2.08. The molecule has 3 heteroatoms. The van der Waals surface area contributed by atoms with Crippen LogP contribution in [0.3, 0.4) is 0 Å². The summed E-state index contributed by atoms with van der Waals surface area (Å²) in [6.45, 7) is 5.49. The lowest BCUT2D eigenvalue weighted by Gasteiger charge is -2.01. The summed E-state index contributed by atoms with van der Waals surface area (Å²) < 4.78 is 4.73. The summed E-state index contributed by atoms with van der Waals surface area (Å²) in [4.78, 5) is 10.9. The van der Waals surface area contributed by atoms with Gasteiger partial charge in [0.15, 0.2) is 0 Å². The Morgan fingerprint density at radius 3 is 2.73 bits per heavy atom. The number of hydrogen-bond donors (Lipinski definition) is 1. The molecule has 0 aromatic carbocycles. The van der Waals surface area contributed by atoms with Gasteiger partial charge in [-0.25, -0.2) is 4.79 Å². The van der Waals surface area contributed by atoms with Crippen LogP contribution < -0.4 is 5.73 Å². The predicted octanol–water partition coefficient (Wildman–Crippen LogP) is 0.968. The fraction of sp³-hybridized carbons (Fsp3) is 0.375. The maximum Gasteiger partial charge on any atom is 0.335 e. The van der Waals surface area contributed by atoms with Crippen LogP contribution in [0.4, 0.5) is 0 Å². The predicted molar refractivity (Wildman–Crippen MR) is 43.7 cm³/mol. The molecule has 0 aliphatic heterocycles. The van der Waals surface area contributed by atoms with Gasteiger partial charge in [-0.2, -0.15) is 0 Å². The first-order chi connectivity index (χ1) is 5.26. The Labute approximate surface area is 66.5 Å². The summed E-state index contributed by atoms with van der Waals surface area (Å²) in [6.07, 6.45) is 3.37. The molecule has 0 amide bonds. The molecular weight excluding hydrogens is 142 g/mol. The Kier molecular flexibility index (Phi) is 4.90. The summed E-state index contributed by atoms with van der Waals surface area (Å²) in [5, 5.41) is 0. The van der Waals surface area contributed by atoms with Crippen molar-refractivity contribution in [1.82, 2.24) is 0 Å². The molecule has 0 spiro atoms. The number of carbonyl (C=O) groups is 1. The van der Waals surface area contributed by atoms with Gasteiger partial charge in [-0.15, -0.1) is 0 Å². The van der Waals surface area contributed by atoms with E-state index in [1.165, 1.54) is 12.3 Å². The number of carbonyl (C=O) groups excluding carboxylic acids is 1. The monoisotopic (exact) mass is 155 g/mol. The van der Waals surface area contributed by atoms with Gasteiger partial charge >= 0.3 is 5.97 Å². The fourth-order valence-electron chi connectivity index (χ4n) is 0.558. The highest BCUT2D eigenvalue weighted by Gasteiger charge is 2.05. The zero-order valence-corrected chi connectivity index (χ0v) is 6.67. The topological polar surface area (TPSA) is 52.3 Å². The maximum atomic E-state index is 10.9. The van der Waals surface area contributed by atoms with E-state index in [4.69, 9.17) is 10.5 Å². The maximum absolute atomic E-state index is 10.9. The molecule has 0 fully saturated rings. The van der Waals surface area contributed by atoms with Gasteiger partial charge in [0.05, 0.1) is 5.57 Å². The van der Waals surface area contributed by atoms with E-state index in [2.05, 4.69) is 6.58 Å². The van der Waals surface area contributed by atoms with E-state index in [0.29, 0.717) is 12.0 Å². The van der Waals surface area contributed by atoms with Gasteiger partial charge in [0.1, 0.15) is 6.61 Å². The minimum atomic E-state index is -0.366. The first-order valence-electron chi connectivity index (χ1n) is 3.45. The van der Waals surface area contributed by atoms with Crippen LogP contribution in [0.1, 0.15) is 13.3 Å². The van der Waals surface area contributed by atoms with Crippen LogP contribution >= 0.6 is 0 Å². The molecule has 0 bridgehead atoms. The molecule has 0 unspecified atom stereocenters. The Morgan fingerprint density at radius 2 is 2.36 bits per heavy atom. The minimum absolute atomic E-state index is 0.232. The second kappa shape index (κ2) is 5.53. The van der Waals surface area contributed by atoms with Crippen molar-refractivity contribution in [1.29, 1.82) is 0 Å². The molecule has 0 aliphatic carbocycles. The van der Waals surface area contributed by atoms with Crippen molar-refractivity contribution in [2.45, 2.75) is 13.3 Å². The normalized spacial score (nSPS) is 10.8. The molecule has 0 rings (SSSR count). The van der Waals surface area contributed by atoms with Crippen molar-refractivity contribution in [3.63, 3.8) is 0 Å². The van der Waals surface area contributed by atoms with E-state index in [9.17, 15) is 4.79 Å². The average molecular weight is 155 g/mol. The molecule has 0 heterocycles. The number of ether oxygens (including phenoxy) is 1. The third-order valence-electron chi connectivity index (χ3n) is 1.18. The third-order valence-corrected chi connectivity index (χ3v) is 1.18. The van der Waals surface area contributed by atoms with Crippen LogP contribution in [0.5, 0.6) is 0 Å². The van der Waals surface area contributed by atoms with Gasteiger partial charge in [0.25, 0.3) is 0 Å². The van der Waals surface area contributed by atoms with Crippen LogP contribution in [0.25, 0.3) is 0 Å². The van der Waals surface area contributed by atoms with Gasteiger partial charge in [0, 0.05) is 6.20 Å². The van der Waals surface area contributed by atoms with Crippen molar-refractivity contribution in [3.05, 3.63) is 24.4 Å². The highest BCUT2D eigenvalue weighted by Crippen LogP contribution is 2.00. The fourth-order valence-corrected chi connectivity index (χ4v) is 0.558. The first-order valence-corrected chi connectivity index (χ1v) is 3.45. The first kappa shape index (κ1) is 9.75. The molecule has 11 heavy (non-hydrogen) atoms. The molecule has 0 saturated heterocycles. The SMILES string of the molecule is C=CCOC(=O)C(=CN)CC. The summed E-state index contributed by atoms with van der Waals surface area (Å²) in [7, 11) is 0.